The van der Waals surface area contributed by atoms with Crippen molar-refractivity contribution in [3.05, 3.63) is 58.7 Å². The number of carboxylic acid groups (broad SMARTS) is 1. The number of aromatic carboxylic acids is 1. The second-order valence-corrected chi connectivity index (χ2v) is 6.69. The minimum absolute atomic E-state index is 0.221. The van der Waals surface area contributed by atoms with Crippen molar-refractivity contribution in [2.24, 2.45) is 0 Å². The van der Waals surface area contributed by atoms with E-state index >= 15 is 0 Å². The number of benzene rings is 2. The normalized spacial score (nSPS) is 10.2. The van der Waals surface area contributed by atoms with Crippen LogP contribution in [0.25, 0.3) is 0 Å². The van der Waals surface area contributed by atoms with Crippen molar-refractivity contribution >= 4 is 12.3 Å². The Morgan fingerprint density at radius 3 is 1.78 bits per heavy atom. The van der Waals surface area contributed by atoms with Crippen LogP contribution in [-0.4, -0.2) is 31.6 Å². The summed E-state index contributed by atoms with van der Waals surface area (Å²) in [5.41, 5.74) is 3.00. The van der Waals surface area contributed by atoms with Gasteiger partial charge in [-0.1, -0.05) is 39.8 Å². The maximum absolute atomic E-state index is 10.9. The molecule has 0 spiro atoms. The molecule has 0 saturated heterocycles. The number of carbonyl (C=O) groups is 2. The molecule has 0 heterocycles. The predicted octanol–water partition coefficient (Wildman–Crippen LogP) is 5.15. The molecule has 0 aromatic heterocycles. The van der Waals surface area contributed by atoms with Crippen molar-refractivity contribution < 1.29 is 24.2 Å². The first-order valence-corrected chi connectivity index (χ1v) is 8.79. The van der Waals surface area contributed by atoms with E-state index in [1.165, 1.54) is 7.11 Å². The topological polar surface area (TPSA) is 72.8 Å². The van der Waals surface area contributed by atoms with Gasteiger partial charge in [-0.3, -0.25) is 4.79 Å². The van der Waals surface area contributed by atoms with Crippen molar-refractivity contribution in [2.75, 3.05) is 14.2 Å². The molecular weight excluding hydrogens is 344 g/mol. The lowest BCUT2D eigenvalue weighted by Gasteiger charge is -2.09. The van der Waals surface area contributed by atoms with Gasteiger partial charge in [-0.2, -0.15) is 0 Å². The molecule has 27 heavy (non-hydrogen) atoms. The van der Waals surface area contributed by atoms with Crippen LogP contribution in [0.4, 0.5) is 0 Å². The molecule has 5 nitrogen and oxygen atoms in total. The number of rotatable bonds is 6. The monoisotopic (exact) mass is 372 g/mol. The predicted molar refractivity (Wildman–Crippen MR) is 107 cm³/mol. The van der Waals surface area contributed by atoms with Crippen LogP contribution in [0.2, 0.25) is 0 Å². The fourth-order valence-corrected chi connectivity index (χ4v) is 2.46. The van der Waals surface area contributed by atoms with Gasteiger partial charge in [0.15, 0.2) is 6.29 Å². The first-order valence-electron chi connectivity index (χ1n) is 8.79. The molecule has 0 fully saturated rings. The highest BCUT2D eigenvalue weighted by Crippen LogP contribution is 2.24. The first-order chi connectivity index (χ1) is 12.7. The summed E-state index contributed by atoms with van der Waals surface area (Å²) in [6, 6.07) is 10.9. The summed E-state index contributed by atoms with van der Waals surface area (Å²) in [7, 11) is 3.04. The Morgan fingerprint density at radius 2 is 1.37 bits per heavy atom. The summed E-state index contributed by atoms with van der Waals surface area (Å²) in [4.78, 5) is 21.6. The molecule has 0 unspecified atom stereocenters. The molecule has 0 bridgehead atoms. The summed E-state index contributed by atoms with van der Waals surface area (Å²) in [6.07, 6.45) is 0.824. The lowest BCUT2D eigenvalue weighted by molar-refractivity contribution is 0.0693. The molecule has 0 amide bonds. The molecule has 0 saturated carbocycles. The van der Waals surface area contributed by atoms with E-state index in [9.17, 15) is 9.59 Å². The van der Waals surface area contributed by atoms with E-state index < -0.39 is 5.97 Å². The third-order valence-corrected chi connectivity index (χ3v) is 4.17. The van der Waals surface area contributed by atoms with Crippen molar-refractivity contribution in [1.29, 1.82) is 0 Å². The van der Waals surface area contributed by atoms with Gasteiger partial charge in [0, 0.05) is 0 Å². The van der Waals surface area contributed by atoms with E-state index in [1.54, 1.807) is 19.2 Å². The van der Waals surface area contributed by atoms with E-state index in [4.69, 9.17) is 14.6 Å². The largest absolute Gasteiger partial charge is 0.496 e. The molecule has 2 rings (SSSR count). The highest BCUT2D eigenvalue weighted by atomic mass is 16.5. The second-order valence-electron chi connectivity index (χ2n) is 6.69. The van der Waals surface area contributed by atoms with Gasteiger partial charge in [-0.25, -0.2) is 4.79 Å². The minimum Gasteiger partial charge on any atom is -0.496 e. The fourth-order valence-electron chi connectivity index (χ4n) is 2.46. The van der Waals surface area contributed by atoms with Crippen LogP contribution in [0, 0.1) is 0 Å². The van der Waals surface area contributed by atoms with Crippen LogP contribution in [-0.2, 0) is 0 Å². The van der Waals surface area contributed by atoms with Crippen LogP contribution in [0.3, 0.4) is 0 Å². The number of hydrogen-bond acceptors (Lipinski definition) is 4. The van der Waals surface area contributed by atoms with Gasteiger partial charge in [-0.15, -0.1) is 0 Å². The number of methoxy groups -OCH3 is 2. The number of hydrogen-bond donors (Lipinski definition) is 1. The van der Waals surface area contributed by atoms with Gasteiger partial charge in [0.1, 0.15) is 17.1 Å². The molecule has 2 aromatic rings. The minimum atomic E-state index is -0.954. The van der Waals surface area contributed by atoms with Gasteiger partial charge in [0.05, 0.1) is 19.8 Å². The Balaban J connectivity index is 0.000000271. The SMILES string of the molecule is COc1ccc(C(C)C)cc1C(=O)O.COc1ccc(C(C)C)cc1C=O. The zero-order valence-corrected chi connectivity index (χ0v) is 16.8. The van der Waals surface area contributed by atoms with E-state index in [1.807, 2.05) is 38.1 Å². The van der Waals surface area contributed by atoms with Crippen molar-refractivity contribution in [2.45, 2.75) is 39.5 Å². The second kappa shape index (κ2) is 10.4. The summed E-state index contributed by atoms with van der Waals surface area (Å²) < 4.78 is 10.0. The molecule has 0 radical (unpaired) electrons. The average molecular weight is 372 g/mol. The van der Waals surface area contributed by atoms with Crippen LogP contribution in [0.5, 0.6) is 11.5 Å². The smallest absolute Gasteiger partial charge is 0.339 e. The molecule has 1 N–H and O–H groups in total. The fraction of sp³-hybridized carbons (Fsp3) is 0.364. The third-order valence-electron chi connectivity index (χ3n) is 4.17. The van der Waals surface area contributed by atoms with E-state index in [2.05, 4.69) is 13.8 Å². The zero-order valence-electron chi connectivity index (χ0n) is 16.8. The maximum Gasteiger partial charge on any atom is 0.339 e. The van der Waals surface area contributed by atoms with Gasteiger partial charge in [-0.05, 0) is 47.2 Å². The Bertz CT molecular complexity index is 778. The Hall–Kier alpha value is -2.82. The van der Waals surface area contributed by atoms with Gasteiger partial charge in [0.25, 0.3) is 0 Å². The molecule has 0 aliphatic heterocycles. The Kier molecular flexibility index (Phi) is 8.52. The average Bonchev–Trinajstić information content (AvgIpc) is 2.66. The van der Waals surface area contributed by atoms with E-state index in [-0.39, 0.29) is 5.56 Å². The summed E-state index contributed by atoms with van der Waals surface area (Å²) in [6.45, 7) is 8.23. The lowest BCUT2D eigenvalue weighted by atomic mass is 10.0. The number of carbonyl (C=O) groups excluding carboxylic acids is 1. The number of aldehydes is 1. The van der Waals surface area contributed by atoms with E-state index in [0.29, 0.717) is 28.9 Å². The van der Waals surface area contributed by atoms with Crippen LogP contribution >= 0.6 is 0 Å². The molecule has 146 valence electrons. The number of ether oxygens (including phenoxy) is 2. The summed E-state index contributed by atoms with van der Waals surface area (Å²) in [5.74, 6) is 0.842. The molecule has 0 aliphatic carbocycles. The van der Waals surface area contributed by atoms with Gasteiger partial charge < -0.3 is 14.6 Å². The Labute approximate surface area is 160 Å². The molecule has 2 aromatic carbocycles. The van der Waals surface area contributed by atoms with Crippen LogP contribution in [0.15, 0.2) is 36.4 Å². The van der Waals surface area contributed by atoms with Gasteiger partial charge >= 0.3 is 5.97 Å². The molecule has 5 heteroatoms. The number of carboxylic acids is 1. The zero-order chi connectivity index (χ0) is 20.6. The maximum atomic E-state index is 10.9. The van der Waals surface area contributed by atoms with Gasteiger partial charge in [0.2, 0.25) is 0 Å². The highest BCUT2D eigenvalue weighted by Gasteiger charge is 2.12. The van der Waals surface area contributed by atoms with Crippen molar-refractivity contribution in [3.8, 4) is 11.5 Å². The summed E-state index contributed by atoms with van der Waals surface area (Å²) >= 11 is 0. The highest BCUT2D eigenvalue weighted by molar-refractivity contribution is 5.91. The standard InChI is InChI=1S/C11H14O3.C11H14O2/c1-7(2)8-4-5-10(14-3)9(6-8)11(12)13;1-8(2)9-4-5-11(13-3)10(6-9)7-12/h4-7H,1-3H3,(H,12,13);4-8H,1-3H3. The first kappa shape index (κ1) is 22.2. The third kappa shape index (κ3) is 6.13. The summed E-state index contributed by atoms with van der Waals surface area (Å²) in [5, 5.41) is 8.92. The lowest BCUT2D eigenvalue weighted by Crippen LogP contribution is -2.02. The Morgan fingerprint density at radius 1 is 0.889 bits per heavy atom. The van der Waals surface area contributed by atoms with Crippen molar-refractivity contribution in [1.82, 2.24) is 0 Å². The molecule has 0 atom stereocenters. The molecule has 0 aliphatic rings. The van der Waals surface area contributed by atoms with Crippen LogP contribution in [0.1, 0.15) is 71.4 Å². The van der Waals surface area contributed by atoms with E-state index in [0.717, 1.165) is 17.4 Å². The van der Waals surface area contributed by atoms with Crippen LogP contribution < -0.4 is 9.47 Å². The molecular formula is C22H28O5. The van der Waals surface area contributed by atoms with Crippen molar-refractivity contribution in [3.63, 3.8) is 0 Å². The quantitative estimate of drug-likeness (QED) is 0.710.